The van der Waals surface area contributed by atoms with Crippen LogP contribution >= 0.6 is 34.4 Å². The summed E-state index contributed by atoms with van der Waals surface area (Å²) in [7, 11) is 1.63. The van der Waals surface area contributed by atoms with E-state index in [1.165, 1.54) is 23.1 Å². The molecule has 0 fully saturated rings. The van der Waals surface area contributed by atoms with Gasteiger partial charge in [0.2, 0.25) is 5.16 Å². The molecule has 1 atom stereocenters. The van der Waals surface area contributed by atoms with E-state index in [4.69, 9.17) is 9.72 Å². The van der Waals surface area contributed by atoms with Gasteiger partial charge in [0, 0.05) is 21.4 Å². The van der Waals surface area contributed by atoms with Crippen LogP contribution in [0.5, 0.6) is 5.75 Å². The van der Waals surface area contributed by atoms with Gasteiger partial charge < -0.3 is 9.72 Å². The highest BCUT2D eigenvalue weighted by atomic mass is 32.2. The molecule has 2 N–H and O–H groups in total. The van der Waals surface area contributed by atoms with Crippen molar-refractivity contribution in [3.8, 4) is 27.6 Å². The summed E-state index contributed by atoms with van der Waals surface area (Å²) in [5.74, 6) is 2.07. The van der Waals surface area contributed by atoms with Gasteiger partial charge in [-0.2, -0.15) is 0 Å². The first kappa shape index (κ1) is 20.0. The number of thiophene rings is 2. The van der Waals surface area contributed by atoms with Crippen molar-refractivity contribution in [2.75, 3.05) is 7.11 Å². The van der Waals surface area contributed by atoms with Crippen molar-refractivity contribution < 1.29 is 4.74 Å². The van der Waals surface area contributed by atoms with Gasteiger partial charge in [-0.15, -0.1) is 27.8 Å². The molecule has 0 aliphatic carbocycles. The van der Waals surface area contributed by atoms with Crippen molar-refractivity contribution in [2.45, 2.75) is 17.3 Å². The predicted molar refractivity (Wildman–Crippen MR) is 126 cm³/mol. The minimum Gasteiger partial charge on any atom is -0.497 e. The van der Waals surface area contributed by atoms with E-state index >= 15 is 0 Å². The SMILES string of the molecule is COc1ccc(-c2nc(SC(C)c3nc4scc(-c5cccs5)c4c(=O)[nH]3)n[nH]2)cc1. The summed E-state index contributed by atoms with van der Waals surface area (Å²) in [6.45, 7) is 1.98. The van der Waals surface area contributed by atoms with Crippen molar-refractivity contribution in [3.05, 3.63) is 63.3 Å². The van der Waals surface area contributed by atoms with E-state index in [0.717, 1.165) is 26.6 Å². The maximum Gasteiger partial charge on any atom is 0.260 e. The zero-order valence-corrected chi connectivity index (χ0v) is 19.0. The minimum atomic E-state index is -0.121. The fraction of sp³-hybridized carbons (Fsp3) is 0.143. The van der Waals surface area contributed by atoms with Crippen LogP contribution < -0.4 is 10.3 Å². The summed E-state index contributed by atoms with van der Waals surface area (Å²) in [5.41, 5.74) is 1.74. The number of nitrogens with zero attached hydrogens (tertiary/aromatic N) is 3. The Bertz CT molecular complexity index is 1390. The van der Waals surface area contributed by atoms with E-state index in [0.29, 0.717) is 22.2 Å². The Morgan fingerprint density at radius 3 is 2.71 bits per heavy atom. The van der Waals surface area contributed by atoms with Crippen LogP contribution in [-0.2, 0) is 0 Å². The van der Waals surface area contributed by atoms with Crippen molar-refractivity contribution in [1.29, 1.82) is 0 Å². The van der Waals surface area contributed by atoms with Crippen LogP contribution in [0, 0.1) is 0 Å². The zero-order chi connectivity index (χ0) is 21.4. The molecule has 0 amide bonds. The molecule has 5 rings (SSSR count). The Balaban J connectivity index is 1.39. The first-order valence-electron chi connectivity index (χ1n) is 9.41. The average molecular weight is 468 g/mol. The van der Waals surface area contributed by atoms with Crippen LogP contribution in [0.2, 0.25) is 0 Å². The lowest BCUT2D eigenvalue weighted by molar-refractivity contribution is 0.415. The second-order valence-electron chi connectivity index (χ2n) is 6.71. The highest BCUT2D eigenvalue weighted by Crippen LogP contribution is 2.36. The number of rotatable bonds is 6. The van der Waals surface area contributed by atoms with Gasteiger partial charge in [0.15, 0.2) is 5.82 Å². The largest absolute Gasteiger partial charge is 0.497 e. The quantitative estimate of drug-likeness (QED) is 0.326. The molecule has 31 heavy (non-hydrogen) atoms. The Hall–Kier alpha value is -2.95. The van der Waals surface area contributed by atoms with Gasteiger partial charge in [0.05, 0.1) is 17.7 Å². The molecule has 1 unspecified atom stereocenters. The number of thioether (sulfide) groups is 1. The third kappa shape index (κ3) is 3.89. The standard InChI is InChI=1S/C21H17N5O2S3/c1-11(31-21-24-18(25-26-21)12-5-7-13(28-2)8-6-12)17-22-19(27)16-14(10-30-20(16)23-17)15-4-3-9-29-15/h3-11H,1-2H3,(H,22,23,27)(H,24,25,26). The van der Waals surface area contributed by atoms with E-state index < -0.39 is 0 Å². The smallest absolute Gasteiger partial charge is 0.260 e. The first-order chi connectivity index (χ1) is 15.1. The van der Waals surface area contributed by atoms with Gasteiger partial charge in [-0.3, -0.25) is 9.89 Å². The summed E-state index contributed by atoms with van der Waals surface area (Å²) >= 11 is 4.54. The summed E-state index contributed by atoms with van der Waals surface area (Å²) < 4.78 is 5.19. The lowest BCUT2D eigenvalue weighted by atomic mass is 10.2. The summed E-state index contributed by atoms with van der Waals surface area (Å²) in [6, 6.07) is 11.6. The number of hydrogen-bond acceptors (Lipinski definition) is 8. The van der Waals surface area contributed by atoms with Gasteiger partial charge in [0.25, 0.3) is 5.56 Å². The van der Waals surface area contributed by atoms with Gasteiger partial charge >= 0.3 is 0 Å². The van der Waals surface area contributed by atoms with Crippen LogP contribution in [0.15, 0.2) is 57.1 Å². The van der Waals surface area contributed by atoms with E-state index in [-0.39, 0.29) is 10.8 Å². The van der Waals surface area contributed by atoms with Crippen molar-refractivity contribution >= 4 is 44.7 Å². The third-order valence-electron chi connectivity index (χ3n) is 4.74. The number of nitrogens with one attached hydrogen (secondary N) is 2. The number of aromatic amines is 2. The van der Waals surface area contributed by atoms with Crippen LogP contribution in [0.25, 0.3) is 32.0 Å². The molecule has 0 aliphatic heterocycles. The number of H-pyrrole nitrogens is 2. The van der Waals surface area contributed by atoms with E-state index in [9.17, 15) is 4.79 Å². The number of fused-ring (bicyclic) bond motifs is 1. The minimum absolute atomic E-state index is 0.119. The number of aromatic nitrogens is 5. The molecule has 0 saturated carbocycles. The molecule has 0 spiro atoms. The molecule has 7 nitrogen and oxygen atoms in total. The lowest BCUT2D eigenvalue weighted by Crippen LogP contribution is -2.12. The molecule has 4 aromatic heterocycles. The molecular formula is C21H17N5O2S3. The first-order valence-corrected chi connectivity index (χ1v) is 12.0. The van der Waals surface area contributed by atoms with Crippen LogP contribution in [0.1, 0.15) is 18.0 Å². The zero-order valence-electron chi connectivity index (χ0n) is 16.6. The van der Waals surface area contributed by atoms with E-state index in [1.54, 1.807) is 18.4 Å². The molecular weight excluding hydrogens is 450 g/mol. The number of ether oxygens (including phenoxy) is 1. The van der Waals surface area contributed by atoms with E-state index in [2.05, 4.69) is 20.2 Å². The molecule has 0 radical (unpaired) electrons. The normalized spacial score (nSPS) is 12.3. The molecule has 0 aliphatic rings. The summed E-state index contributed by atoms with van der Waals surface area (Å²) in [6.07, 6.45) is 0. The van der Waals surface area contributed by atoms with Crippen LogP contribution in [-0.4, -0.2) is 32.3 Å². The Morgan fingerprint density at radius 2 is 1.97 bits per heavy atom. The summed E-state index contributed by atoms with van der Waals surface area (Å²) in [5, 5.41) is 12.4. The lowest BCUT2D eigenvalue weighted by Gasteiger charge is -2.08. The fourth-order valence-electron chi connectivity index (χ4n) is 3.16. The maximum absolute atomic E-state index is 12.8. The van der Waals surface area contributed by atoms with Gasteiger partial charge in [-0.05, 0) is 42.6 Å². The molecule has 0 bridgehead atoms. The fourth-order valence-corrected chi connectivity index (χ4v) is 5.71. The molecule has 10 heteroatoms. The second-order valence-corrected chi connectivity index (χ2v) is 9.83. The average Bonchev–Trinajstić information content (AvgIpc) is 3.54. The topological polar surface area (TPSA) is 96.6 Å². The molecule has 1 aromatic carbocycles. The van der Waals surface area contributed by atoms with Crippen LogP contribution in [0.4, 0.5) is 0 Å². The van der Waals surface area contributed by atoms with Crippen molar-refractivity contribution in [1.82, 2.24) is 25.1 Å². The Morgan fingerprint density at radius 1 is 1.13 bits per heavy atom. The van der Waals surface area contributed by atoms with Gasteiger partial charge in [-0.1, -0.05) is 17.8 Å². The van der Waals surface area contributed by atoms with Crippen molar-refractivity contribution in [2.24, 2.45) is 0 Å². The number of benzene rings is 1. The molecule has 0 saturated heterocycles. The van der Waals surface area contributed by atoms with Gasteiger partial charge in [0.1, 0.15) is 16.4 Å². The molecule has 5 aromatic rings. The molecule has 156 valence electrons. The highest BCUT2D eigenvalue weighted by Gasteiger charge is 2.18. The number of hydrogen-bond donors (Lipinski definition) is 2. The Kier molecular flexibility index (Phi) is 5.34. The van der Waals surface area contributed by atoms with Crippen LogP contribution in [0.3, 0.4) is 0 Å². The van der Waals surface area contributed by atoms with Gasteiger partial charge in [-0.25, -0.2) is 9.97 Å². The Labute approximate surface area is 189 Å². The third-order valence-corrected chi connectivity index (χ3v) is 7.49. The monoisotopic (exact) mass is 467 g/mol. The van der Waals surface area contributed by atoms with E-state index in [1.807, 2.05) is 54.1 Å². The summed E-state index contributed by atoms with van der Waals surface area (Å²) in [4.78, 5) is 26.9. The second kappa shape index (κ2) is 8.29. The van der Waals surface area contributed by atoms with Crippen molar-refractivity contribution in [3.63, 3.8) is 0 Å². The number of methoxy groups -OCH3 is 1. The highest BCUT2D eigenvalue weighted by molar-refractivity contribution is 7.99. The predicted octanol–water partition coefficient (Wildman–Crippen LogP) is 5.36. The maximum atomic E-state index is 12.8. The molecule has 4 heterocycles.